The van der Waals surface area contributed by atoms with Crippen molar-refractivity contribution in [1.82, 2.24) is 10.2 Å². The third kappa shape index (κ3) is 4.80. The van der Waals surface area contributed by atoms with Gasteiger partial charge < -0.3 is 24.6 Å². The standard InChI is InChI=1S/C21H28N4O4/c1-15(2)21(3,14-22)23-19(26)12-24-8-10-25(11-9-24)20(27)18-13-28-16-6-4-5-7-17(16)29-18/h4-7,15,18H,8-13H2,1-3H3,(H,23,26)/p+1/t18-,21-/m1/s1. The van der Waals surface area contributed by atoms with E-state index in [1.807, 2.05) is 32.0 Å². The average molecular weight is 401 g/mol. The van der Waals surface area contributed by atoms with Crippen molar-refractivity contribution in [3.63, 3.8) is 0 Å². The van der Waals surface area contributed by atoms with Crippen LogP contribution in [-0.2, 0) is 9.59 Å². The highest BCUT2D eigenvalue weighted by Crippen LogP contribution is 2.31. The van der Waals surface area contributed by atoms with E-state index in [1.54, 1.807) is 17.9 Å². The highest BCUT2D eigenvalue weighted by molar-refractivity contribution is 5.82. The lowest BCUT2D eigenvalue weighted by Crippen LogP contribution is -3.16. The summed E-state index contributed by atoms with van der Waals surface area (Å²) in [5.41, 5.74) is -0.872. The van der Waals surface area contributed by atoms with Gasteiger partial charge >= 0.3 is 0 Å². The second kappa shape index (κ2) is 8.70. The zero-order valence-corrected chi connectivity index (χ0v) is 17.2. The van der Waals surface area contributed by atoms with Crippen LogP contribution >= 0.6 is 0 Å². The summed E-state index contributed by atoms with van der Waals surface area (Å²) < 4.78 is 11.5. The maximum absolute atomic E-state index is 12.8. The van der Waals surface area contributed by atoms with Crippen LogP contribution in [0.2, 0.25) is 0 Å². The molecule has 8 heteroatoms. The maximum atomic E-state index is 12.8. The number of quaternary nitrogens is 1. The number of carbonyl (C=O) groups excluding carboxylic acids is 2. The summed E-state index contributed by atoms with van der Waals surface area (Å²) in [6.07, 6.45) is -0.642. The van der Waals surface area contributed by atoms with E-state index in [9.17, 15) is 14.9 Å². The molecule has 2 amide bonds. The number of ether oxygens (including phenoxy) is 2. The SMILES string of the molecule is CC(C)[C@@](C)(C#N)NC(=O)C[NH+]1CCN(C(=O)[C@H]2COc3ccccc3O2)CC1. The Balaban J connectivity index is 1.48. The molecule has 0 saturated carbocycles. The molecule has 0 spiro atoms. The van der Waals surface area contributed by atoms with Crippen molar-refractivity contribution < 1.29 is 24.0 Å². The van der Waals surface area contributed by atoms with Crippen LogP contribution in [-0.4, -0.2) is 67.7 Å². The number of piperazine rings is 1. The van der Waals surface area contributed by atoms with E-state index >= 15 is 0 Å². The molecular formula is C21H29N4O4+. The van der Waals surface area contributed by atoms with Crippen molar-refractivity contribution in [2.75, 3.05) is 39.3 Å². The molecule has 2 aliphatic rings. The molecule has 2 atom stereocenters. The monoisotopic (exact) mass is 401 g/mol. The maximum Gasteiger partial charge on any atom is 0.276 e. The molecule has 0 radical (unpaired) electrons. The molecule has 1 saturated heterocycles. The Morgan fingerprint density at radius 2 is 1.97 bits per heavy atom. The van der Waals surface area contributed by atoms with Crippen molar-refractivity contribution in [3.05, 3.63) is 24.3 Å². The number of fused-ring (bicyclic) bond motifs is 1. The number of carbonyl (C=O) groups is 2. The van der Waals surface area contributed by atoms with Gasteiger partial charge in [0.25, 0.3) is 11.8 Å². The molecule has 2 aliphatic heterocycles. The van der Waals surface area contributed by atoms with Crippen molar-refractivity contribution in [1.29, 1.82) is 5.26 Å². The summed E-state index contributed by atoms with van der Waals surface area (Å²) in [5, 5.41) is 12.2. The van der Waals surface area contributed by atoms with Gasteiger partial charge in [-0.3, -0.25) is 9.59 Å². The minimum atomic E-state index is -0.872. The molecule has 0 aliphatic carbocycles. The topological polar surface area (TPSA) is 96.1 Å². The van der Waals surface area contributed by atoms with Crippen LogP contribution in [0.5, 0.6) is 11.5 Å². The van der Waals surface area contributed by atoms with Crippen LogP contribution in [0.1, 0.15) is 20.8 Å². The Bertz CT molecular complexity index is 798. The second-order valence-corrected chi connectivity index (χ2v) is 8.13. The van der Waals surface area contributed by atoms with Crippen LogP contribution in [0.25, 0.3) is 0 Å². The first-order valence-electron chi connectivity index (χ1n) is 10.1. The van der Waals surface area contributed by atoms with Gasteiger partial charge in [0, 0.05) is 0 Å². The van der Waals surface area contributed by atoms with Gasteiger partial charge in [-0.15, -0.1) is 0 Å². The first-order chi connectivity index (χ1) is 13.8. The van der Waals surface area contributed by atoms with E-state index in [-0.39, 0.29) is 24.3 Å². The quantitative estimate of drug-likeness (QED) is 0.701. The number of hydrogen-bond acceptors (Lipinski definition) is 5. The van der Waals surface area contributed by atoms with E-state index in [0.717, 1.165) is 4.90 Å². The number of rotatable bonds is 5. The molecule has 1 aromatic rings. The molecule has 156 valence electrons. The molecule has 2 heterocycles. The zero-order chi connectivity index (χ0) is 21.0. The van der Waals surface area contributed by atoms with Gasteiger partial charge in [-0.2, -0.15) is 5.26 Å². The second-order valence-electron chi connectivity index (χ2n) is 8.13. The lowest BCUT2D eigenvalue weighted by molar-refractivity contribution is -0.896. The van der Waals surface area contributed by atoms with E-state index in [4.69, 9.17) is 9.47 Å². The van der Waals surface area contributed by atoms with Gasteiger partial charge in [0.05, 0.1) is 32.2 Å². The lowest BCUT2D eigenvalue weighted by atomic mass is 9.90. The van der Waals surface area contributed by atoms with E-state index in [0.29, 0.717) is 44.2 Å². The first-order valence-corrected chi connectivity index (χ1v) is 10.1. The molecule has 0 aromatic heterocycles. The number of para-hydroxylation sites is 2. The Morgan fingerprint density at radius 1 is 1.31 bits per heavy atom. The first kappa shape index (κ1) is 20.9. The van der Waals surface area contributed by atoms with Gasteiger partial charge in [0.2, 0.25) is 6.10 Å². The van der Waals surface area contributed by atoms with Gasteiger partial charge in [-0.1, -0.05) is 26.0 Å². The summed E-state index contributed by atoms with van der Waals surface area (Å²) in [6, 6.07) is 9.51. The number of nitrogens with zero attached hydrogens (tertiary/aromatic N) is 2. The summed E-state index contributed by atoms with van der Waals surface area (Å²) >= 11 is 0. The minimum absolute atomic E-state index is 0.0174. The molecule has 1 aromatic carbocycles. The molecule has 3 rings (SSSR count). The molecule has 29 heavy (non-hydrogen) atoms. The number of hydrogen-bond donors (Lipinski definition) is 2. The van der Waals surface area contributed by atoms with Crippen LogP contribution in [0.4, 0.5) is 0 Å². The Labute approximate surface area is 171 Å². The summed E-state index contributed by atoms with van der Waals surface area (Å²) in [4.78, 5) is 28.0. The van der Waals surface area contributed by atoms with Crippen LogP contribution in [0.15, 0.2) is 24.3 Å². The molecule has 2 N–H and O–H groups in total. The van der Waals surface area contributed by atoms with Crippen molar-refractivity contribution in [2.24, 2.45) is 5.92 Å². The fourth-order valence-corrected chi connectivity index (χ4v) is 3.43. The largest absolute Gasteiger partial charge is 0.485 e. The molecule has 1 fully saturated rings. The molecule has 8 nitrogen and oxygen atoms in total. The third-order valence-corrected chi connectivity index (χ3v) is 5.76. The van der Waals surface area contributed by atoms with E-state index in [2.05, 4.69) is 11.4 Å². The van der Waals surface area contributed by atoms with E-state index < -0.39 is 11.6 Å². The van der Waals surface area contributed by atoms with Crippen molar-refractivity contribution in [3.8, 4) is 17.6 Å². The minimum Gasteiger partial charge on any atom is -0.485 e. The van der Waals surface area contributed by atoms with Crippen molar-refractivity contribution in [2.45, 2.75) is 32.4 Å². The van der Waals surface area contributed by atoms with Gasteiger partial charge in [0.15, 0.2) is 18.0 Å². The Kier molecular flexibility index (Phi) is 6.28. The zero-order valence-electron chi connectivity index (χ0n) is 17.2. The highest BCUT2D eigenvalue weighted by Gasteiger charge is 2.35. The fourth-order valence-electron chi connectivity index (χ4n) is 3.43. The third-order valence-electron chi connectivity index (χ3n) is 5.76. The van der Waals surface area contributed by atoms with Gasteiger partial charge in [0.1, 0.15) is 12.1 Å². The smallest absolute Gasteiger partial charge is 0.276 e. The summed E-state index contributed by atoms with van der Waals surface area (Å²) in [5.74, 6) is 1.04. The van der Waals surface area contributed by atoms with Crippen LogP contribution in [0.3, 0.4) is 0 Å². The van der Waals surface area contributed by atoms with E-state index in [1.165, 1.54) is 0 Å². The molecule has 0 bridgehead atoms. The predicted molar refractivity (Wildman–Crippen MR) is 105 cm³/mol. The number of nitriles is 1. The number of nitrogens with one attached hydrogen (secondary N) is 2. The Hall–Kier alpha value is -2.79. The predicted octanol–water partition coefficient (Wildman–Crippen LogP) is -0.392. The van der Waals surface area contributed by atoms with Crippen LogP contribution < -0.4 is 19.7 Å². The van der Waals surface area contributed by atoms with Crippen LogP contribution in [0, 0.1) is 17.2 Å². The number of amides is 2. The summed E-state index contributed by atoms with van der Waals surface area (Å²) in [7, 11) is 0. The van der Waals surface area contributed by atoms with Gasteiger partial charge in [-0.25, -0.2) is 0 Å². The molecule has 0 unspecified atom stereocenters. The lowest BCUT2D eigenvalue weighted by Gasteiger charge is -2.35. The average Bonchev–Trinajstić information content (AvgIpc) is 2.73. The normalized spacial score (nSPS) is 21.2. The Morgan fingerprint density at radius 3 is 2.59 bits per heavy atom. The number of benzene rings is 1. The molecular weight excluding hydrogens is 372 g/mol. The fraction of sp³-hybridized carbons (Fsp3) is 0.571. The van der Waals surface area contributed by atoms with Gasteiger partial charge in [-0.05, 0) is 25.0 Å². The highest BCUT2D eigenvalue weighted by atomic mass is 16.6. The summed E-state index contributed by atoms with van der Waals surface area (Å²) in [6.45, 7) is 8.53. The van der Waals surface area contributed by atoms with Crippen molar-refractivity contribution >= 4 is 11.8 Å².